The van der Waals surface area contributed by atoms with Gasteiger partial charge in [0, 0.05) is 0 Å². The lowest BCUT2D eigenvalue weighted by Crippen LogP contribution is -2.49. The predicted octanol–water partition coefficient (Wildman–Crippen LogP) is -0.846. The molecule has 8 nitrogen and oxygen atoms in total. The molecule has 2 unspecified atom stereocenters. The van der Waals surface area contributed by atoms with Crippen LogP contribution in [0.15, 0.2) is 0 Å². The average Bonchev–Trinajstić information content (AvgIpc) is 2.66. The highest BCUT2D eigenvalue weighted by Crippen LogP contribution is 2.08. The van der Waals surface area contributed by atoms with E-state index in [0.717, 1.165) is 4.90 Å². The molecule has 0 aromatic rings. The lowest BCUT2D eigenvalue weighted by molar-refractivity contribution is -0.143. The molecule has 1 fully saturated rings. The van der Waals surface area contributed by atoms with Gasteiger partial charge in [-0.05, 0) is 5.92 Å². The van der Waals surface area contributed by atoms with E-state index in [4.69, 9.17) is 5.11 Å². The van der Waals surface area contributed by atoms with Crippen molar-refractivity contribution in [2.75, 3.05) is 13.1 Å². The first kappa shape index (κ1) is 14.9. The maximum atomic E-state index is 11.7. The lowest BCUT2D eigenvalue weighted by Gasteiger charge is -2.21. The summed E-state index contributed by atoms with van der Waals surface area (Å²) in [6.07, 6.45) is 0.584. The van der Waals surface area contributed by atoms with Crippen molar-refractivity contribution in [3.05, 3.63) is 0 Å². The van der Waals surface area contributed by atoms with Gasteiger partial charge in [0.1, 0.15) is 12.6 Å². The molecule has 19 heavy (non-hydrogen) atoms. The fourth-order valence-corrected chi connectivity index (χ4v) is 1.66. The van der Waals surface area contributed by atoms with Crippen LogP contribution < -0.4 is 10.6 Å². The maximum Gasteiger partial charge on any atom is 0.326 e. The lowest BCUT2D eigenvalue weighted by atomic mass is 9.99. The van der Waals surface area contributed by atoms with Crippen LogP contribution in [0, 0.1) is 5.92 Å². The van der Waals surface area contributed by atoms with E-state index in [9.17, 15) is 19.2 Å². The van der Waals surface area contributed by atoms with Crippen molar-refractivity contribution >= 4 is 23.8 Å². The molecule has 4 amide bonds. The predicted molar refractivity (Wildman–Crippen MR) is 64.1 cm³/mol. The average molecular weight is 271 g/mol. The highest BCUT2D eigenvalue weighted by Gasteiger charge is 2.32. The Morgan fingerprint density at radius 2 is 2.11 bits per heavy atom. The molecular weight excluding hydrogens is 254 g/mol. The Labute approximate surface area is 110 Å². The first-order chi connectivity index (χ1) is 8.86. The van der Waals surface area contributed by atoms with E-state index in [1.54, 1.807) is 6.92 Å². The van der Waals surface area contributed by atoms with Crippen LogP contribution in [0.5, 0.6) is 0 Å². The summed E-state index contributed by atoms with van der Waals surface area (Å²) in [6, 6.07) is -1.67. The second-order valence-electron chi connectivity index (χ2n) is 4.41. The van der Waals surface area contributed by atoms with Gasteiger partial charge in [0.15, 0.2) is 0 Å². The smallest absolute Gasteiger partial charge is 0.326 e. The molecule has 0 saturated carbocycles. The SMILES string of the molecule is CCC(C)C(NC(=O)CN1C(=O)CNC1=O)C(=O)O. The first-order valence-corrected chi connectivity index (χ1v) is 5.97. The fraction of sp³-hybridized carbons (Fsp3) is 0.636. The molecule has 1 aliphatic heterocycles. The standard InChI is InChI=1S/C11H17N3O5/c1-3-6(2)9(10(17)18)13-7(15)5-14-8(16)4-12-11(14)19/h6,9H,3-5H2,1-2H3,(H,12,19)(H,13,15)(H,17,18). The van der Waals surface area contributed by atoms with E-state index in [1.165, 1.54) is 0 Å². The number of hydrogen-bond donors (Lipinski definition) is 3. The zero-order valence-corrected chi connectivity index (χ0v) is 10.8. The van der Waals surface area contributed by atoms with Gasteiger partial charge in [0.05, 0.1) is 6.54 Å². The number of carbonyl (C=O) groups excluding carboxylic acids is 3. The van der Waals surface area contributed by atoms with E-state index < -0.39 is 36.4 Å². The Morgan fingerprint density at radius 3 is 2.53 bits per heavy atom. The number of nitrogens with zero attached hydrogens (tertiary/aromatic N) is 1. The molecule has 0 aliphatic carbocycles. The molecule has 1 rings (SSSR count). The molecule has 1 saturated heterocycles. The number of carbonyl (C=O) groups is 4. The minimum absolute atomic E-state index is 0.139. The van der Waals surface area contributed by atoms with Crippen LogP contribution in [0.3, 0.4) is 0 Å². The molecule has 0 bridgehead atoms. The normalized spacial score (nSPS) is 17.9. The van der Waals surface area contributed by atoms with Gasteiger partial charge in [-0.15, -0.1) is 0 Å². The molecule has 0 aromatic carbocycles. The summed E-state index contributed by atoms with van der Waals surface area (Å²) in [4.78, 5) is 46.0. The highest BCUT2D eigenvalue weighted by atomic mass is 16.4. The number of amides is 4. The van der Waals surface area contributed by atoms with E-state index >= 15 is 0 Å². The molecule has 1 heterocycles. The monoisotopic (exact) mass is 271 g/mol. The van der Waals surface area contributed by atoms with Crippen LogP contribution in [-0.4, -0.2) is 53.0 Å². The largest absolute Gasteiger partial charge is 0.480 e. The van der Waals surface area contributed by atoms with Crippen LogP contribution >= 0.6 is 0 Å². The number of carboxylic acid groups (broad SMARTS) is 1. The van der Waals surface area contributed by atoms with E-state index in [2.05, 4.69) is 10.6 Å². The second-order valence-corrected chi connectivity index (χ2v) is 4.41. The van der Waals surface area contributed by atoms with Crippen molar-refractivity contribution in [2.45, 2.75) is 26.3 Å². The summed E-state index contributed by atoms with van der Waals surface area (Å²) in [5.74, 6) is -2.56. The van der Waals surface area contributed by atoms with Crippen molar-refractivity contribution < 1.29 is 24.3 Å². The summed E-state index contributed by atoms with van der Waals surface area (Å²) in [5, 5.41) is 13.6. The third-order valence-corrected chi connectivity index (χ3v) is 3.03. The quantitative estimate of drug-likeness (QED) is 0.544. The zero-order chi connectivity index (χ0) is 14.6. The minimum Gasteiger partial charge on any atom is -0.480 e. The van der Waals surface area contributed by atoms with Gasteiger partial charge in [0.25, 0.3) is 5.91 Å². The number of carboxylic acids is 1. The summed E-state index contributed by atoms with van der Waals surface area (Å²) in [6.45, 7) is 2.90. The second kappa shape index (κ2) is 6.17. The number of aliphatic carboxylic acids is 1. The third-order valence-electron chi connectivity index (χ3n) is 3.03. The number of nitrogens with one attached hydrogen (secondary N) is 2. The van der Waals surface area contributed by atoms with Crippen molar-refractivity contribution in [1.29, 1.82) is 0 Å². The van der Waals surface area contributed by atoms with Gasteiger partial charge < -0.3 is 15.7 Å². The van der Waals surface area contributed by atoms with Gasteiger partial charge in [-0.25, -0.2) is 9.59 Å². The summed E-state index contributed by atoms with van der Waals surface area (Å²) < 4.78 is 0. The van der Waals surface area contributed by atoms with Crippen molar-refractivity contribution in [3.8, 4) is 0 Å². The summed E-state index contributed by atoms with van der Waals surface area (Å²) in [7, 11) is 0. The van der Waals surface area contributed by atoms with Crippen molar-refractivity contribution in [3.63, 3.8) is 0 Å². The Hall–Kier alpha value is -2.12. The van der Waals surface area contributed by atoms with Crippen LogP contribution in [0.4, 0.5) is 4.79 Å². The van der Waals surface area contributed by atoms with Crippen LogP contribution in [0.25, 0.3) is 0 Å². The fourth-order valence-electron chi connectivity index (χ4n) is 1.66. The van der Waals surface area contributed by atoms with Crippen LogP contribution in [0.2, 0.25) is 0 Å². The van der Waals surface area contributed by atoms with Crippen LogP contribution in [-0.2, 0) is 14.4 Å². The number of urea groups is 1. The minimum atomic E-state index is -1.14. The topological polar surface area (TPSA) is 116 Å². The molecule has 0 radical (unpaired) electrons. The molecular formula is C11H17N3O5. The van der Waals surface area contributed by atoms with E-state index in [1.807, 2.05) is 6.92 Å². The van der Waals surface area contributed by atoms with Gasteiger partial charge in [-0.2, -0.15) is 0 Å². The highest BCUT2D eigenvalue weighted by molar-refractivity contribution is 6.04. The van der Waals surface area contributed by atoms with Crippen molar-refractivity contribution in [1.82, 2.24) is 15.5 Å². The van der Waals surface area contributed by atoms with Gasteiger partial charge in [-0.3, -0.25) is 14.5 Å². The maximum absolute atomic E-state index is 11.7. The number of rotatable bonds is 6. The summed E-state index contributed by atoms with van der Waals surface area (Å²) >= 11 is 0. The Morgan fingerprint density at radius 1 is 1.47 bits per heavy atom. The Balaban J connectivity index is 2.60. The molecule has 2 atom stereocenters. The van der Waals surface area contributed by atoms with Crippen LogP contribution in [0.1, 0.15) is 20.3 Å². The van der Waals surface area contributed by atoms with Gasteiger partial charge in [-0.1, -0.05) is 20.3 Å². The first-order valence-electron chi connectivity index (χ1n) is 5.97. The molecule has 0 spiro atoms. The zero-order valence-electron chi connectivity index (χ0n) is 10.8. The van der Waals surface area contributed by atoms with E-state index in [-0.39, 0.29) is 12.5 Å². The third kappa shape index (κ3) is 3.67. The van der Waals surface area contributed by atoms with Crippen molar-refractivity contribution in [2.24, 2.45) is 5.92 Å². The Kier molecular flexibility index (Phi) is 4.85. The molecule has 1 aliphatic rings. The van der Waals surface area contributed by atoms with Gasteiger partial charge in [0.2, 0.25) is 5.91 Å². The number of imide groups is 1. The molecule has 0 aromatic heterocycles. The van der Waals surface area contributed by atoms with E-state index in [0.29, 0.717) is 6.42 Å². The summed E-state index contributed by atoms with van der Waals surface area (Å²) in [5.41, 5.74) is 0. The number of hydrogen-bond acceptors (Lipinski definition) is 4. The Bertz CT molecular complexity index is 393. The molecule has 8 heteroatoms. The van der Waals surface area contributed by atoms with Gasteiger partial charge >= 0.3 is 12.0 Å². The molecule has 106 valence electrons. The molecule has 3 N–H and O–H groups in total.